The maximum absolute atomic E-state index is 12.6. The molecule has 130 valence electrons. The number of carbonyl (C=O) groups excluding carboxylic acids is 1. The van der Waals surface area contributed by atoms with Crippen LogP contribution >= 0.6 is 11.3 Å². The molecule has 0 saturated heterocycles. The topological polar surface area (TPSA) is 75.4 Å². The number of aliphatic hydroxyl groups is 1. The molecule has 0 radical (unpaired) electrons. The van der Waals surface area contributed by atoms with Gasteiger partial charge in [0.25, 0.3) is 5.91 Å². The van der Waals surface area contributed by atoms with Crippen LogP contribution in [0, 0.1) is 13.8 Å². The Kier molecular flexibility index (Phi) is 5.31. The fourth-order valence-corrected chi connectivity index (χ4v) is 3.51. The number of carbonyl (C=O) groups is 1. The normalized spacial score (nSPS) is 12.1. The molecule has 0 aliphatic carbocycles. The van der Waals surface area contributed by atoms with Crippen molar-refractivity contribution in [2.45, 2.75) is 26.3 Å². The van der Waals surface area contributed by atoms with Crippen molar-refractivity contribution in [3.8, 4) is 10.8 Å². The average Bonchev–Trinajstić information content (AvgIpc) is 3.25. The largest absolute Gasteiger partial charge is 0.462 e. The van der Waals surface area contributed by atoms with Gasteiger partial charge in [0.1, 0.15) is 5.69 Å². The van der Waals surface area contributed by atoms with E-state index in [-0.39, 0.29) is 18.6 Å². The number of aryl methyl sites for hydroxylation is 2. The molecule has 1 atom stereocenters. The Morgan fingerprint density at radius 2 is 2.08 bits per heavy atom. The minimum absolute atomic E-state index is 0.131. The minimum Gasteiger partial charge on any atom is -0.462 e. The van der Waals surface area contributed by atoms with Gasteiger partial charge in [0.05, 0.1) is 18.9 Å². The number of hydrogen-bond donors (Lipinski definition) is 2. The molecular weight excluding hydrogens is 336 g/mol. The van der Waals surface area contributed by atoms with Crippen LogP contribution in [0.1, 0.15) is 26.5 Å². The predicted octanol–water partition coefficient (Wildman–Crippen LogP) is 3.35. The van der Waals surface area contributed by atoms with Gasteiger partial charge in [-0.1, -0.05) is 24.3 Å². The summed E-state index contributed by atoms with van der Waals surface area (Å²) < 4.78 is 5.34. The molecule has 6 heteroatoms. The van der Waals surface area contributed by atoms with E-state index in [1.807, 2.05) is 44.2 Å². The first-order valence-corrected chi connectivity index (χ1v) is 8.87. The fraction of sp³-hybridized carbons (Fsp3) is 0.263. The first-order valence-electron chi connectivity index (χ1n) is 8.06. The van der Waals surface area contributed by atoms with Gasteiger partial charge < -0.3 is 14.8 Å². The van der Waals surface area contributed by atoms with Crippen LogP contribution in [-0.4, -0.2) is 28.6 Å². The molecule has 0 aliphatic heterocycles. The molecule has 5 nitrogen and oxygen atoms in total. The van der Waals surface area contributed by atoms with Crippen LogP contribution in [0.4, 0.5) is 0 Å². The molecule has 25 heavy (non-hydrogen) atoms. The van der Waals surface area contributed by atoms with E-state index in [2.05, 4.69) is 10.3 Å². The summed E-state index contributed by atoms with van der Waals surface area (Å²) in [5.41, 5.74) is 2.62. The van der Waals surface area contributed by atoms with E-state index in [1.165, 1.54) is 11.3 Å². The van der Waals surface area contributed by atoms with E-state index in [0.29, 0.717) is 22.9 Å². The van der Waals surface area contributed by atoms with Crippen molar-refractivity contribution in [1.29, 1.82) is 0 Å². The van der Waals surface area contributed by atoms with E-state index >= 15 is 0 Å². The lowest BCUT2D eigenvalue weighted by molar-refractivity contribution is 0.0911. The van der Waals surface area contributed by atoms with Crippen molar-refractivity contribution in [3.63, 3.8) is 0 Å². The van der Waals surface area contributed by atoms with Gasteiger partial charge in [-0.25, -0.2) is 4.98 Å². The third-order valence-corrected chi connectivity index (χ3v) is 5.01. The van der Waals surface area contributed by atoms with E-state index in [0.717, 1.165) is 16.0 Å². The molecule has 3 rings (SSSR count). The Morgan fingerprint density at radius 3 is 2.76 bits per heavy atom. The lowest BCUT2D eigenvalue weighted by Crippen LogP contribution is -2.39. The Labute approximate surface area is 150 Å². The van der Waals surface area contributed by atoms with Crippen LogP contribution in [0.15, 0.2) is 47.1 Å². The van der Waals surface area contributed by atoms with Crippen molar-refractivity contribution < 1.29 is 14.3 Å². The summed E-state index contributed by atoms with van der Waals surface area (Å²) >= 11 is 1.41. The molecule has 3 aromatic rings. The first kappa shape index (κ1) is 17.4. The lowest BCUT2D eigenvalue weighted by atomic mass is 10.0. The number of nitrogens with zero attached hydrogens (tertiary/aromatic N) is 1. The third-order valence-electron chi connectivity index (χ3n) is 4.03. The van der Waals surface area contributed by atoms with Crippen molar-refractivity contribution >= 4 is 17.2 Å². The second-order valence-corrected chi connectivity index (χ2v) is 7.09. The van der Waals surface area contributed by atoms with Gasteiger partial charge in [-0.2, -0.15) is 0 Å². The highest BCUT2D eigenvalue weighted by molar-refractivity contribution is 7.15. The van der Waals surface area contributed by atoms with E-state index in [9.17, 15) is 9.90 Å². The quantitative estimate of drug-likeness (QED) is 0.710. The van der Waals surface area contributed by atoms with Crippen molar-refractivity contribution in [2.75, 3.05) is 6.61 Å². The van der Waals surface area contributed by atoms with Crippen LogP contribution in [0.2, 0.25) is 0 Å². The van der Waals surface area contributed by atoms with Crippen molar-refractivity contribution in [3.05, 3.63) is 64.4 Å². The minimum atomic E-state index is -0.359. The van der Waals surface area contributed by atoms with Crippen LogP contribution in [0.25, 0.3) is 10.8 Å². The SMILES string of the molecule is Cc1ccccc1C[C@H](CO)NC(=O)c1nc(-c2ccco2)sc1C. The highest BCUT2D eigenvalue weighted by Gasteiger charge is 2.20. The van der Waals surface area contributed by atoms with Gasteiger partial charge in [-0.15, -0.1) is 11.3 Å². The molecule has 0 spiro atoms. The van der Waals surface area contributed by atoms with Crippen molar-refractivity contribution in [2.24, 2.45) is 0 Å². The van der Waals surface area contributed by atoms with Crippen LogP contribution in [0.5, 0.6) is 0 Å². The zero-order chi connectivity index (χ0) is 17.8. The number of amides is 1. The molecule has 1 aromatic carbocycles. The standard InChI is InChI=1S/C19H20N2O3S/c1-12-6-3-4-7-14(12)10-15(11-22)20-18(23)17-13(2)25-19(21-17)16-8-5-9-24-16/h3-9,15,22H,10-11H2,1-2H3,(H,20,23)/t15-/m1/s1. The van der Waals surface area contributed by atoms with Crippen LogP contribution < -0.4 is 5.32 Å². The number of aliphatic hydroxyl groups excluding tert-OH is 1. The highest BCUT2D eigenvalue weighted by atomic mass is 32.1. The van der Waals surface area contributed by atoms with Crippen molar-refractivity contribution in [1.82, 2.24) is 10.3 Å². The zero-order valence-electron chi connectivity index (χ0n) is 14.2. The van der Waals surface area contributed by atoms with E-state index in [4.69, 9.17) is 4.42 Å². The number of nitrogens with one attached hydrogen (secondary N) is 1. The molecule has 0 unspecified atom stereocenters. The lowest BCUT2D eigenvalue weighted by Gasteiger charge is -2.17. The molecule has 2 N–H and O–H groups in total. The molecule has 0 saturated carbocycles. The van der Waals surface area contributed by atoms with Crippen LogP contribution in [0.3, 0.4) is 0 Å². The summed E-state index contributed by atoms with van der Waals surface area (Å²) in [6.45, 7) is 3.74. The smallest absolute Gasteiger partial charge is 0.271 e. The molecular formula is C19H20N2O3S. The molecule has 0 bridgehead atoms. The average molecular weight is 356 g/mol. The number of aromatic nitrogens is 1. The monoisotopic (exact) mass is 356 g/mol. The number of furan rings is 1. The summed E-state index contributed by atoms with van der Waals surface area (Å²) in [5.74, 6) is 0.366. The summed E-state index contributed by atoms with van der Waals surface area (Å²) in [5, 5.41) is 13.2. The Bertz CT molecular complexity index is 855. The molecule has 1 amide bonds. The Balaban J connectivity index is 1.73. The second-order valence-electron chi connectivity index (χ2n) is 5.88. The van der Waals surface area contributed by atoms with Gasteiger partial charge in [0, 0.05) is 4.88 Å². The van der Waals surface area contributed by atoms with Gasteiger partial charge in [-0.3, -0.25) is 4.79 Å². The number of thiazole rings is 1. The van der Waals surface area contributed by atoms with E-state index in [1.54, 1.807) is 12.3 Å². The Morgan fingerprint density at radius 1 is 1.28 bits per heavy atom. The molecule has 2 aromatic heterocycles. The molecule has 0 fully saturated rings. The maximum Gasteiger partial charge on any atom is 0.271 e. The summed E-state index contributed by atoms with van der Waals surface area (Å²) in [7, 11) is 0. The predicted molar refractivity (Wildman–Crippen MR) is 97.8 cm³/mol. The highest BCUT2D eigenvalue weighted by Crippen LogP contribution is 2.27. The second kappa shape index (κ2) is 7.63. The summed E-state index contributed by atoms with van der Waals surface area (Å²) in [4.78, 5) is 17.8. The van der Waals surface area contributed by atoms with Gasteiger partial charge in [0.2, 0.25) is 0 Å². The van der Waals surface area contributed by atoms with E-state index < -0.39 is 0 Å². The first-order chi connectivity index (χ1) is 12.1. The number of hydrogen-bond acceptors (Lipinski definition) is 5. The third kappa shape index (κ3) is 3.97. The maximum atomic E-state index is 12.6. The molecule has 2 heterocycles. The van der Waals surface area contributed by atoms with Gasteiger partial charge in [0.15, 0.2) is 10.8 Å². The van der Waals surface area contributed by atoms with Gasteiger partial charge in [-0.05, 0) is 43.5 Å². The fourth-order valence-electron chi connectivity index (χ4n) is 2.63. The van der Waals surface area contributed by atoms with Crippen LogP contribution in [-0.2, 0) is 6.42 Å². The zero-order valence-corrected chi connectivity index (χ0v) is 15.0. The summed E-state index contributed by atoms with van der Waals surface area (Å²) in [6, 6.07) is 11.2. The Hall–Kier alpha value is -2.44. The number of benzene rings is 1. The summed E-state index contributed by atoms with van der Waals surface area (Å²) in [6.07, 6.45) is 2.15. The number of rotatable bonds is 6. The van der Waals surface area contributed by atoms with Gasteiger partial charge >= 0.3 is 0 Å². The molecule has 0 aliphatic rings.